The van der Waals surface area contributed by atoms with Gasteiger partial charge >= 0.3 is 0 Å². The van der Waals surface area contributed by atoms with Crippen LogP contribution in [0.4, 0.5) is 5.82 Å². The maximum atomic E-state index is 4.68. The van der Waals surface area contributed by atoms with E-state index in [9.17, 15) is 0 Å². The number of para-hydroxylation sites is 1. The maximum absolute atomic E-state index is 4.68. The van der Waals surface area contributed by atoms with Crippen molar-refractivity contribution in [3.8, 4) is 0 Å². The second-order valence-corrected chi connectivity index (χ2v) is 6.01. The molecule has 4 nitrogen and oxygen atoms in total. The summed E-state index contributed by atoms with van der Waals surface area (Å²) in [6.45, 7) is 4.11. The van der Waals surface area contributed by atoms with Gasteiger partial charge in [-0.05, 0) is 43.2 Å². The molecule has 0 bridgehead atoms. The molecule has 0 amide bonds. The van der Waals surface area contributed by atoms with E-state index < -0.39 is 0 Å². The van der Waals surface area contributed by atoms with E-state index in [2.05, 4.69) is 63.8 Å². The molecule has 0 aliphatic carbocycles. The number of nitrogens with zero attached hydrogens (tertiary/aromatic N) is 2. The van der Waals surface area contributed by atoms with Gasteiger partial charge in [0.2, 0.25) is 0 Å². The number of rotatable bonds is 3. The number of fused-ring (bicyclic) bond motifs is 2. The Balaban J connectivity index is 1.63. The summed E-state index contributed by atoms with van der Waals surface area (Å²) in [4.78, 5) is 7.93. The smallest absolute Gasteiger partial charge is 0.149 e. The third-order valence-corrected chi connectivity index (χ3v) is 4.16. The van der Waals surface area contributed by atoms with E-state index in [0.29, 0.717) is 0 Å². The molecule has 0 saturated heterocycles. The maximum Gasteiger partial charge on any atom is 0.149 e. The predicted octanol–water partition coefficient (Wildman–Crippen LogP) is 4.78. The Labute approximate surface area is 140 Å². The third-order valence-electron chi connectivity index (χ3n) is 4.16. The van der Waals surface area contributed by atoms with Gasteiger partial charge < -0.3 is 4.98 Å². The fourth-order valence-corrected chi connectivity index (χ4v) is 2.86. The first-order chi connectivity index (χ1) is 11.7. The number of aromatic nitrogens is 2. The van der Waals surface area contributed by atoms with Crippen molar-refractivity contribution in [2.24, 2.45) is 5.10 Å². The van der Waals surface area contributed by atoms with E-state index in [1.165, 1.54) is 5.56 Å². The predicted molar refractivity (Wildman–Crippen MR) is 101 cm³/mol. The minimum absolute atomic E-state index is 0.782. The van der Waals surface area contributed by atoms with Crippen molar-refractivity contribution in [2.45, 2.75) is 13.8 Å². The molecule has 2 aromatic heterocycles. The molecule has 0 radical (unpaired) electrons. The molecule has 0 spiro atoms. The van der Waals surface area contributed by atoms with Crippen molar-refractivity contribution in [3.05, 3.63) is 71.4 Å². The molecule has 0 atom stereocenters. The summed E-state index contributed by atoms with van der Waals surface area (Å²) in [5.74, 6) is 0.782. The number of H-pyrrole nitrogens is 1. The normalized spacial score (nSPS) is 11.6. The van der Waals surface area contributed by atoms with Crippen LogP contribution in [-0.2, 0) is 0 Å². The zero-order valence-electron chi connectivity index (χ0n) is 13.7. The van der Waals surface area contributed by atoms with Crippen LogP contribution in [0.15, 0.2) is 59.8 Å². The highest BCUT2D eigenvalue weighted by Gasteiger charge is 2.03. The Morgan fingerprint density at radius 3 is 2.88 bits per heavy atom. The van der Waals surface area contributed by atoms with Crippen LogP contribution in [0.5, 0.6) is 0 Å². The second-order valence-electron chi connectivity index (χ2n) is 6.01. The Hall–Kier alpha value is -3.14. The van der Waals surface area contributed by atoms with Crippen molar-refractivity contribution in [1.29, 1.82) is 0 Å². The summed E-state index contributed by atoms with van der Waals surface area (Å²) in [7, 11) is 0. The molecule has 0 saturated carbocycles. The average molecular weight is 314 g/mol. The molecule has 2 N–H and O–H groups in total. The lowest BCUT2D eigenvalue weighted by Gasteiger charge is -2.07. The zero-order chi connectivity index (χ0) is 16.5. The standard InChI is InChI=1S/C20H18N4/c1-13-7-8-15-10-14(2)20(23-19(15)9-13)24-22-12-16-11-21-18-6-4-3-5-17(16)18/h3-12,21H,1-2H3,(H,23,24)/b22-12-. The molecule has 4 aromatic rings. The summed E-state index contributed by atoms with van der Waals surface area (Å²) in [5.41, 5.74) is 8.48. The average Bonchev–Trinajstić information content (AvgIpc) is 2.99. The molecule has 118 valence electrons. The molecule has 24 heavy (non-hydrogen) atoms. The number of nitrogens with one attached hydrogen (secondary N) is 2. The van der Waals surface area contributed by atoms with Gasteiger partial charge in [-0.2, -0.15) is 5.10 Å². The van der Waals surface area contributed by atoms with Gasteiger partial charge in [0, 0.05) is 28.0 Å². The Morgan fingerprint density at radius 1 is 1.08 bits per heavy atom. The molecular formula is C20H18N4. The fourth-order valence-electron chi connectivity index (χ4n) is 2.86. The first-order valence-corrected chi connectivity index (χ1v) is 7.94. The van der Waals surface area contributed by atoms with Crippen LogP contribution in [0, 0.1) is 13.8 Å². The number of benzene rings is 2. The highest BCUT2D eigenvalue weighted by atomic mass is 15.3. The Kier molecular flexibility index (Phi) is 3.50. The van der Waals surface area contributed by atoms with E-state index in [4.69, 9.17) is 0 Å². The lowest BCUT2D eigenvalue weighted by atomic mass is 10.1. The third kappa shape index (κ3) is 2.63. The van der Waals surface area contributed by atoms with E-state index in [0.717, 1.165) is 38.8 Å². The largest absolute Gasteiger partial charge is 0.361 e. The van der Waals surface area contributed by atoms with Crippen LogP contribution in [0.2, 0.25) is 0 Å². The fraction of sp³-hybridized carbons (Fsp3) is 0.100. The number of hydrogen-bond acceptors (Lipinski definition) is 3. The summed E-state index contributed by atoms with van der Waals surface area (Å²) in [5, 5.41) is 6.66. The second kappa shape index (κ2) is 5.81. The zero-order valence-corrected chi connectivity index (χ0v) is 13.7. The van der Waals surface area contributed by atoms with Gasteiger partial charge in [-0.3, -0.25) is 5.43 Å². The van der Waals surface area contributed by atoms with Crippen molar-refractivity contribution in [1.82, 2.24) is 9.97 Å². The number of anilines is 1. The van der Waals surface area contributed by atoms with E-state index in [1.807, 2.05) is 31.5 Å². The number of hydrazone groups is 1. The number of pyridine rings is 1. The van der Waals surface area contributed by atoms with Crippen LogP contribution >= 0.6 is 0 Å². The van der Waals surface area contributed by atoms with Gasteiger partial charge in [-0.15, -0.1) is 0 Å². The van der Waals surface area contributed by atoms with E-state index in [-0.39, 0.29) is 0 Å². The van der Waals surface area contributed by atoms with Crippen LogP contribution in [-0.4, -0.2) is 16.2 Å². The van der Waals surface area contributed by atoms with Gasteiger partial charge in [0.1, 0.15) is 5.82 Å². The van der Waals surface area contributed by atoms with Crippen molar-refractivity contribution < 1.29 is 0 Å². The van der Waals surface area contributed by atoms with Gasteiger partial charge in [0.25, 0.3) is 0 Å². The number of aryl methyl sites for hydroxylation is 2. The van der Waals surface area contributed by atoms with Crippen LogP contribution in [0.3, 0.4) is 0 Å². The minimum Gasteiger partial charge on any atom is -0.361 e. The van der Waals surface area contributed by atoms with Crippen LogP contribution < -0.4 is 5.43 Å². The Bertz CT molecular complexity index is 1060. The summed E-state index contributed by atoms with van der Waals surface area (Å²) in [6.07, 6.45) is 3.78. The molecular weight excluding hydrogens is 296 g/mol. The van der Waals surface area contributed by atoms with Gasteiger partial charge in [0.15, 0.2) is 0 Å². The van der Waals surface area contributed by atoms with Gasteiger partial charge in [-0.1, -0.05) is 30.3 Å². The van der Waals surface area contributed by atoms with E-state index in [1.54, 1.807) is 0 Å². The quantitative estimate of drug-likeness (QED) is 0.422. The highest BCUT2D eigenvalue weighted by Crippen LogP contribution is 2.21. The van der Waals surface area contributed by atoms with E-state index >= 15 is 0 Å². The van der Waals surface area contributed by atoms with Gasteiger partial charge in [0.05, 0.1) is 11.7 Å². The van der Waals surface area contributed by atoms with Crippen LogP contribution in [0.25, 0.3) is 21.8 Å². The molecule has 0 fully saturated rings. The Morgan fingerprint density at radius 2 is 1.96 bits per heavy atom. The molecule has 0 aliphatic heterocycles. The molecule has 0 unspecified atom stereocenters. The highest BCUT2D eigenvalue weighted by molar-refractivity contribution is 5.99. The molecule has 4 rings (SSSR count). The molecule has 4 heteroatoms. The number of hydrogen-bond donors (Lipinski definition) is 2. The first kappa shape index (κ1) is 14.5. The number of aromatic amines is 1. The van der Waals surface area contributed by atoms with Crippen molar-refractivity contribution in [2.75, 3.05) is 5.43 Å². The summed E-state index contributed by atoms with van der Waals surface area (Å²) in [6, 6.07) is 16.6. The SMILES string of the molecule is Cc1ccc2cc(C)c(N/N=C\c3c[nH]c4ccccc34)nc2c1. The summed E-state index contributed by atoms with van der Waals surface area (Å²) >= 11 is 0. The lowest BCUT2D eigenvalue weighted by Crippen LogP contribution is -1.97. The lowest BCUT2D eigenvalue weighted by molar-refractivity contribution is 1.22. The minimum atomic E-state index is 0.782. The van der Waals surface area contributed by atoms with Crippen molar-refractivity contribution in [3.63, 3.8) is 0 Å². The summed E-state index contributed by atoms with van der Waals surface area (Å²) < 4.78 is 0. The van der Waals surface area contributed by atoms with Gasteiger partial charge in [-0.25, -0.2) is 4.98 Å². The monoisotopic (exact) mass is 314 g/mol. The van der Waals surface area contributed by atoms with Crippen LogP contribution in [0.1, 0.15) is 16.7 Å². The molecule has 2 heterocycles. The first-order valence-electron chi connectivity index (χ1n) is 7.94. The molecule has 0 aliphatic rings. The molecule has 2 aromatic carbocycles. The topological polar surface area (TPSA) is 53.1 Å². The van der Waals surface area contributed by atoms with Crippen molar-refractivity contribution >= 4 is 33.8 Å².